The molecule has 2 amide bonds. The first-order valence-electron chi connectivity index (χ1n) is 1.75. The SMILES string of the molecule is CN(C)C(=O)N=[N]. The highest BCUT2D eigenvalue weighted by atomic mass is 16.2. The van der Waals surface area contributed by atoms with Crippen LogP contribution in [0.3, 0.4) is 0 Å². The third-order valence-electron chi connectivity index (χ3n) is 0.468. The van der Waals surface area contributed by atoms with Gasteiger partial charge in [-0.3, -0.25) is 0 Å². The number of rotatable bonds is 0. The maximum atomic E-state index is 10.0. The molecule has 0 aliphatic heterocycles. The summed E-state index contributed by atoms with van der Waals surface area (Å²) in [4.78, 5) is 11.2. The standard InChI is InChI=1S/C3H6N3O/c1-6(2)3(7)5-4/h1-2H3. The molecular formula is C3H6N3O. The van der Waals surface area contributed by atoms with Crippen LogP contribution in [0.5, 0.6) is 0 Å². The highest BCUT2D eigenvalue weighted by molar-refractivity contribution is 5.73. The summed E-state index contributed by atoms with van der Waals surface area (Å²) in [5.74, 6) is 0. The van der Waals surface area contributed by atoms with Crippen molar-refractivity contribution in [3.05, 3.63) is 0 Å². The van der Waals surface area contributed by atoms with Gasteiger partial charge in [0.05, 0.1) is 0 Å². The van der Waals surface area contributed by atoms with Crippen LogP contribution in [0.1, 0.15) is 0 Å². The minimum absolute atomic E-state index is 0.639. The summed E-state index contributed by atoms with van der Waals surface area (Å²) in [6, 6.07) is -0.639. The Hall–Kier alpha value is -0.930. The van der Waals surface area contributed by atoms with Crippen LogP contribution in [-0.4, -0.2) is 25.0 Å². The topological polar surface area (TPSA) is 55.0 Å². The van der Waals surface area contributed by atoms with Gasteiger partial charge in [0, 0.05) is 14.1 Å². The van der Waals surface area contributed by atoms with Gasteiger partial charge >= 0.3 is 6.03 Å². The van der Waals surface area contributed by atoms with Crippen LogP contribution in [0.4, 0.5) is 4.79 Å². The Balaban J connectivity index is 3.56. The van der Waals surface area contributed by atoms with Gasteiger partial charge in [0.15, 0.2) is 0 Å². The van der Waals surface area contributed by atoms with E-state index in [2.05, 4.69) is 5.11 Å². The fraction of sp³-hybridized carbons (Fsp3) is 0.667. The molecule has 7 heavy (non-hydrogen) atoms. The highest BCUT2D eigenvalue weighted by Gasteiger charge is 1.96. The van der Waals surface area contributed by atoms with Crippen LogP contribution in [0.15, 0.2) is 5.11 Å². The quantitative estimate of drug-likeness (QED) is 0.393. The predicted octanol–water partition coefficient (Wildman–Crippen LogP) is -0.0797. The number of nitrogens with zero attached hydrogens (tertiary/aromatic N) is 3. The largest absolute Gasteiger partial charge is 0.363 e. The van der Waals surface area contributed by atoms with Crippen LogP contribution in [-0.2, 0) is 0 Å². The molecular weight excluding hydrogens is 94.1 g/mol. The summed E-state index contributed by atoms with van der Waals surface area (Å²) in [7, 11) is 3.00. The summed E-state index contributed by atoms with van der Waals surface area (Å²) in [6.07, 6.45) is 0. The number of carbonyl (C=O) groups is 1. The minimum Gasteiger partial charge on any atom is -0.328 e. The van der Waals surface area contributed by atoms with Crippen molar-refractivity contribution >= 4 is 6.03 Å². The molecule has 1 radical (unpaired) electrons. The van der Waals surface area contributed by atoms with Gasteiger partial charge in [-0.05, 0) is 5.53 Å². The molecule has 0 bridgehead atoms. The second-order valence-electron chi connectivity index (χ2n) is 1.28. The van der Waals surface area contributed by atoms with E-state index in [1.165, 1.54) is 19.0 Å². The van der Waals surface area contributed by atoms with Crippen LogP contribution in [0.2, 0.25) is 0 Å². The first-order chi connectivity index (χ1) is 3.18. The zero-order chi connectivity index (χ0) is 5.86. The number of amides is 2. The molecule has 39 valence electrons. The molecule has 0 aromatic rings. The average molecular weight is 100 g/mol. The molecule has 0 aliphatic rings. The van der Waals surface area contributed by atoms with Crippen LogP contribution >= 0.6 is 0 Å². The second kappa shape index (κ2) is 2.28. The second-order valence-corrected chi connectivity index (χ2v) is 1.28. The zero-order valence-corrected chi connectivity index (χ0v) is 4.25. The van der Waals surface area contributed by atoms with Crippen molar-refractivity contribution in [2.75, 3.05) is 14.1 Å². The lowest BCUT2D eigenvalue weighted by Crippen LogP contribution is -2.16. The lowest BCUT2D eigenvalue weighted by molar-refractivity contribution is 0.225. The van der Waals surface area contributed by atoms with Gasteiger partial charge in [-0.25, -0.2) is 4.79 Å². The summed E-state index contributed by atoms with van der Waals surface area (Å²) >= 11 is 0. The molecule has 0 aromatic heterocycles. The molecule has 4 nitrogen and oxygen atoms in total. The van der Waals surface area contributed by atoms with Gasteiger partial charge in [-0.15, -0.1) is 0 Å². The van der Waals surface area contributed by atoms with Crippen molar-refractivity contribution < 1.29 is 4.79 Å². The Morgan fingerprint density at radius 2 is 2.14 bits per heavy atom. The number of carbonyl (C=O) groups excluding carboxylic acids is 1. The summed E-state index contributed by atoms with van der Waals surface area (Å²) < 4.78 is 0. The normalized spacial score (nSPS) is 7.71. The smallest absolute Gasteiger partial charge is 0.328 e. The van der Waals surface area contributed by atoms with Gasteiger partial charge in [0.2, 0.25) is 0 Å². The Labute approximate surface area is 41.6 Å². The Kier molecular flexibility index (Phi) is 1.98. The minimum atomic E-state index is -0.639. The molecule has 0 atom stereocenters. The summed E-state index contributed by atoms with van der Waals surface area (Å²) in [5.41, 5.74) is 7.74. The van der Waals surface area contributed by atoms with E-state index in [1.54, 1.807) is 0 Å². The lowest BCUT2D eigenvalue weighted by Gasteiger charge is -2.00. The van der Waals surface area contributed by atoms with Crippen LogP contribution in [0.25, 0.3) is 0 Å². The van der Waals surface area contributed by atoms with Crippen LogP contribution in [0, 0.1) is 0 Å². The van der Waals surface area contributed by atoms with Crippen molar-refractivity contribution in [3.63, 3.8) is 0 Å². The van der Waals surface area contributed by atoms with E-state index < -0.39 is 6.03 Å². The fourth-order valence-electron chi connectivity index (χ4n) is 0.0894. The first-order valence-corrected chi connectivity index (χ1v) is 1.75. The van der Waals surface area contributed by atoms with Gasteiger partial charge in [0.25, 0.3) is 0 Å². The maximum absolute atomic E-state index is 10.0. The third-order valence-corrected chi connectivity index (χ3v) is 0.468. The van der Waals surface area contributed by atoms with Gasteiger partial charge in [-0.2, -0.15) is 0 Å². The molecule has 0 aliphatic carbocycles. The molecule has 0 spiro atoms. The number of hydrogen-bond donors (Lipinski definition) is 0. The zero-order valence-electron chi connectivity index (χ0n) is 4.25. The first kappa shape index (κ1) is 6.07. The van der Waals surface area contributed by atoms with Crippen molar-refractivity contribution in [1.82, 2.24) is 10.4 Å². The van der Waals surface area contributed by atoms with E-state index >= 15 is 0 Å². The molecule has 0 N–H and O–H groups in total. The molecule has 0 fully saturated rings. The average Bonchev–Trinajstić information content (AvgIpc) is 1.65. The van der Waals surface area contributed by atoms with E-state index in [9.17, 15) is 4.79 Å². The number of hydrogen-bond acceptors (Lipinski definition) is 1. The van der Waals surface area contributed by atoms with Crippen molar-refractivity contribution in [1.29, 1.82) is 0 Å². The van der Waals surface area contributed by atoms with E-state index in [1.807, 2.05) is 0 Å². The third kappa shape index (κ3) is 1.86. The van der Waals surface area contributed by atoms with E-state index in [0.717, 1.165) is 0 Å². The van der Waals surface area contributed by atoms with E-state index in [0.29, 0.717) is 0 Å². The Bertz CT molecular complexity index is 88.2. The Morgan fingerprint density at radius 3 is 2.14 bits per heavy atom. The molecule has 0 heterocycles. The Morgan fingerprint density at radius 1 is 1.71 bits per heavy atom. The van der Waals surface area contributed by atoms with E-state index in [-0.39, 0.29) is 0 Å². The molecule has 0 saturated carbocycles. The monoisotopic (exact) mass is 100 g/mol. The summed E-state index contributed by atoms with van der Waals surface area (Å²) in [5, 5.41) is 2.38. The van der Waals surface area contributed by atoms with Gasteiger partial charge in [0.1, 0.15) is 0 Å². The molecule has 0 aromatic carbocycles. The molecule has 0 saturated heterocycles. The van der Waals surface area contributed by atoms with Crippen molar-refractivity contribution in [2.45, 2.75) is 0 Å². The summed E-state index contributed by atoms with van der Waals surface area (Å²) in [6.45, 7) is 0. The maximum Gasteiger partial charge on any atom is 0.363 e. The molecule has 4 heteroatoms. The van der Waals surface area contributed by atoms with Gasteiger partial charge < -0.3 is 4.90 Å². The van der Waals surface area contributed by atoms with Crippen molar-refractivity contribution in [2.24, 2.45) is 5.11 Å². The van der Waals surface area contributed by atoms with Gasteiger partial charge in [-0.1, -0.05) is 5.11 Å². The lowest BCUT2D eigenvalue weighted by atomic mass is 10.9. The highest BCUT2D eigenvalue weighted by Crippen LogP contribution is 1.77. The number of urea groups is 1. The van der Waals surface area contributed by atoms with Crippen molar-refractivity contribution in [3.8, 4) is 0 Å². The van der Waals surface area contributed by atoms with E-state index in [4.69, 9.17) is 5.53 Å². The molecule has 0 unspecified atom stereocenters. The van der Waals surface area contributed by atoms with Crippen LogP contribution < -0.4 is 5.53 Å². The predicted molar refractivity (Wildman–Crippen MR) is 23.6 cm³/mol. The fourth-order valence-corrected chi connectivity index (χ4v) is 0.0894. The molecule has 0 rings (SSSR count).